The largest absolute Gasteiger partial charge is 0.448 e. The van der Waals surface area contributed by atoms with Gasteiger partial charge in [-0.05, 0) is 6.42 Å². The molecule has 7 nitrogen and oxygen atoms in total. The van der Waals surface area contributed by atoms with Gasteiger partial charge in [0.05, 0.1) is 6.54 Å². The number of rotatable bonds is 6. The maximum absolute atomic E-state index is 10.2. The van der Waals surface area contributed by atoms with E-state index >= 15 is 0 Å². The molecule has 0 aliphatic rings. The quantitative estimate of drug-likeness (QED) is 0.154. The van der Waals surface area contributed by atoms with Gasteiger partial charge in [-0.15, -0.1) is 0 Å². The van der Waals surface area contributed by atoms with Crippen molar-refractivity contribution < 1.29 is 9.53 Å². The van der Waals surface area contributed by atoms with Crippen molar-refractivity contribution >= 4 is 12.1 Å². The molecule has 0 bridgehead atoms. The molecule has 0 aromatic heterocycles. The third kappa shape index (κ3) is 8.82. The summed E-state index contributed by atoms with van der Waals surface area (Å²) in [6, 6.07) is 0. The molecule has 0 rings (SSSR count). The van der Waals surface area contributed by atoms with E-state index in [0.717, 1.165) is 12.8 Å². The lowest BCUT2D eigenvalue weighted by atomic mass is 10.3. The normalized spacial score (nSPS) is 10.9. The van der Waals surface area contributed by atoms with Crippen molar-refractivity contribution in [2.75, 3.05) is 19.7 Å². The summed E-state index contributed by atoms with van der Waals surface area (Å²) >= 11 is 0. The van der Waals surface area contributed by atoms with Gasteiger partial charge in [0.1, 0.15) is 6.61 Å². The van der Waals surface area contributed by atoms with Crippen molar-refractivity contribution in [2.45, 2.75) is 19.8 Å². The number of hydrogen-bond acceptors (Lipinski definition) is 4. The monoisotopic (exact) mass is 217 g/mol. The van der Waals surface area contributed by atoms with Gasteiger partial charge in [-0.1, -0.05) is 13.3 Å². The third-order valence-electron chi connectivity index (χ3n) is 1.56. The molecule has 0 saturated carbocycles. The van der Waals surface area contributed by atoms with Gasteiger partial charge >= 0.3 is 6.09 Å². The van der Waals surface area contributed by atoms with Crippen molar-refractivity contribution in [3.05, 3.63) is 0 Å². The second kappa shape index (κ2) is 9.07. The Morgan fingerprint density at radius 3 is 2.80 bits per heavy atom. The first-order valence-corrected chi connectivity index (χ1v) is 4.87. The summed E-state index contributed by atoms with van der Waals surface area (Å²) in [4.78, 5) is 14.4. The SMILES string of the molecule is CCCCN=C(NN)NCCOC(N)=O. The third-order valence-corrected chi connectivity index (χ3v) is 1.56. The van der Waals surface area contributed by atoms with Crippen LogP contribution >= 0.6 is 0 Å². The fourth-order valence-corrected chi connectivity index (χ4v) is 0.823. The molecule has 0 radical (unpaired) electrons. The number of primary amides is 1. The van der Waals surface area contributed by atoms with Crippen LogP contribution in [-0.2, 0) is 4.74 Å². The van der Waals surface area contributed by atoms with E-state index in [1.807, 2.05) is 0 Å². The molecule has 0 saturated heterocycles. The molecule has 7 heteroatoms. The first-order valence-electron chi connectivity index (χ1n) is 4.87. The predicted molar refractivity (Wildman–Crippen MR) is 58.1 cm³/mol. The first kappa shape index (κ1) is 13.5. The Balaban J connectivity index is 3.60. The van der Waals surface area contributed by atoms with Crippen LogP contribution in [0.2, 0.25) is 0 Å². The lowest BCUT2D eigenvalue weighted by Gasteiger charge is -2.08. The van der Waals surface area contributed by atoms with Crippen LogP contribution in [0.15, 0.2) is 4.99 Å². The Bertz CT molecular complexity index is 207. The summed E-state index contributed by atoms with van der Waals surface area (Å²) in [6.07, 6.45) is 1.29. The average Bonchev–Trinajstić information content (AvgIpc) is 2.21. The highest BCUT2D eigenvalue weighted by atomic mass is 16.5. The molecule has 0 spiro atoms. The number of hydrogen-bond donors (Lipinski definition) is 4. The topological polar surface area (TPSA) is 115 Å². The molecule has 0 unspecified atom stereocenters. The lowest BCUT2D eigenvalue weighted by Crippen LogP contribution is -2.43. The molecule has 6 N–H and O–H groups in total. The van der Waals surface area contributed by atoms with Gasteiger partial charge in [0.15, 0.2) is 0 Å². The second-order valence-electron chi connectivity index (χ2n) is 2.82. The average molecular weight is 217 g/mol. The van der Waals surface area contributed by atoms with Gasteiger partial charge in [-0.3, -0.25) is 10.4 Å². The number of ether oxygens (including phenoxy) is 1. The van der Waals surface area contributed by atoms with Gasteiger partial charge in [-0.25, -0.2) is 10.6 Å². The van der Waals surface area contributed by atoms with Crippen LogP contribution in [0.3, 0.4) is 0 Å². The van der Waals surface area contributed by atoms with E-state index in [9.17, 15) is 4.79 Å². The number of aliphatic imine (C=N–C) groups is 1. The van der Waals surface area contributed by atoms with E-state index in [2.05, 4.69) is 27.4 Å². The van der Waals surface area contributed by atoms with Crippen LogP contribution in [0.1, 0.15) is 19.8 Å². The van der Waals surface area contributed by atoms with Crippen LogP contribution in [-0.4, -0.2) is 31.7 Å². The smallest absolute Gasteiger partial charge is 0.404 e. The van der Waals surface area contributed by atoms with Gasteiger partial charge in [-0.2, -0.15) is 0 Å². The molecule has 0 fully saturated rings. The molecule has 15 heavy (non-hydrogen) atoms. The number of nitrogens with zero attached hydrogens (tertiary/aromatic N) is 1. The summed E-state index contributed by atoms with van der Waals surface area (Å²) in [5, 5.41) is 2.86. The molecule has 0 aliphatic heterocycles. The van der Waals surface area contributed by atoms with Crippen LogP contribution in [0.25, 0.3) is 0 Å². The van der Waals surface area contributed by atoms with Gasteiger partial charge in [0, 0.05) is 6.54 Å². The summed E-state index contributed by atoms with van der Waals surface area (Å²) in [6.45, 7) is 3.39. The molecule has 0 aromatic carbocycles. The number of amides is 1. The molecule has 0 aliphatic carbocycles. The highest BCUT2D eigenvalue weighted by Gasteiger charge is 1.96. The van der Waals surface area contributed by atoms with Crippen LogP contribution in [0.4, 0.5) is 4.79 Å². The Kier molecular flexibility index (Phi) is 8.16. The second-order valence-corrected chi connectivity index (χ2v) is 2.82. The standard InChI is InChI=1S/C8H19N5O2/c1-2-3-4-11-8(13-10)12-5-6-15-7(9)14/h2-6,10H2,1H3,(H2,9,14)(H2,11,12,13). The zero-order valence-corrected chi connectivity index (χ0v) is 8.95. The zero-order chi connectivity index (χ0) is 11.5. The van der Waals surface area contributed by atoms with Crippen LogP contribution in [0, 0.1) is 0 Å². The van der Waals surface area contributed by atoms with Crippen LogP contribution < -0.4 is 22.3 Å². The highest BCUT2D eigenvalue weighted by Crippen LogP contribution is 1.86. The minimum absolute atomic E-state index is 0.184. The van der Waals surface area contributed by atoms with E-state index in [0.29, 0.717) is 19.0 Å². The fraction of sp³-hybridized carbons (Fsp3) is 0.750. The van der Waals surface area contributed by atoms with E-state index in [4.69, 9.17) is 11.6 Å². The van der Waals surface area contributed by atoms with Gasteiger partial charge in [0.25, 0.3) is 0 Å². The van der Waals surface area contributed by atoms with E-state index in [1.54, 1.807) is 0 Å². The Morgan fingerprint density at radius 1 is 1.53 bits per heavy atom. The van der Waals surface area contributed by atoms with Gasteiger partial charge < -0.3 is 15.8 Å². The molecule has 0 heterocycles. The number of guanidine groups is 1. The highest BCUT2D eigenvalue weighted by molar-refractivity contribution is 5.79. The van der Waals surface area contributed by atoms with Crippen molar-refractivity contribution in [2.24, 2.45) is 16.6 Å². The number of hydrazine groups is 1. The molecular formula is C8H19N5O2. The van der Waals surface area contributed by atoms with Crippen molar-refractivity contribution in [1.29, 1.82) is 0 Å². The van der Waals surface area contributed by atoms with Crippen molar-refractivity contribution in [3.8, 4) is 0 Å². The maximum Gasteiger partial charge on any atom is 0.404 e. The van der Waals surface area contributed by atoms with Crippen molar-refractivity contribution in [1.82, 2.24) is 10.7 Å². The van der Waals surface area contributed by atoms with E-state index < -0.39 is 6.09 Å². The molecule has 0 atom stereocenters. The molecular weight excluding hydrogens is 198 g/mol. The maximum atomic E-state index is 10.2. The predicted octanol–water partition coefficient (Wildman–Crippen LogP) is -0.709. The number of carbonyl (C=O) groups is 1. The van der Waals surface area contributed by atoms with E-state index in [1.165, 1.54) is 0 Å². The molecule has 0 aromatic rings. The zero-order valence-electron chi connectivity index (χ0n) is 8.95. The number of nitrogens with two attached hydrogens (primary N) is 2. The minimum Gasteiger partial charge on any atom is -0.448 e. The Morgan fingerprint density at radius 2 is 2.27 bits per heavy atom. The molecule has 1 amide bonds. The summed E-state index contributed by atoms with van der Waals surface area (Å²) in [5.41, 5.74) is 7.20. The minimum atomic E-state index is -0.790. The summed E-state index contributed by atoms with van der Waals surface area (Å²) in [5.74, 6) is 5.70. The number of carbonyl (C=O) groups excluding carboxylic acids is 1. The summed E-state index contributed by atoms with van der Waals surface area (Å²) < 4.78 is 4.52. The number of nitrogens with one attached hydrogen (secondary N) is 2. The summed E-state index contributed by atoms with van der Waals surface area (Å²) in [7, 11) is 0. The lowest BCUT2D eigenvalue weighted by molar-refractivity contribution is 0.159. The van der Waals surface area contributed by atoms with Crippen molar-refractivity contribution in [3.63, 3.8) is 0 Å². The molecule has 88 valence electrons. The first-order chi connectivity index (χ1) is 7.20. The number of unbranched alkanes of at least 4 members (excludes halogenated alkanes) is 1. The Hall–Kier alpha value is -1.50. The van der Waals surface area contributed by atoms with Gasteiger partial charge in [0.2, 0.25) is 5.96 Å². The fourth-order valence-electron chi connectivity index (χ4n) is 0.823. The van der Waals surface area contributed by atoms with E-state index in [-0.39, 0.29) is 6.61 Å². The van der Waals surface area contributed by atoms with Crippen LogP contribution in [0.5, 0.6) is 0 Å². The Labute approximate surface area is 89.2 Å².